The van der Waals surface area contributed by atoms with E-state index in [2.05, 4.69) is 18.8 Å². The molecule has 0 aliphatic carbocycles. The van der Waals surface area contributed by atoms with Crippen LogP contribution in [0.3, 0.4) is 0 Å². The van der Waals surface area contributed by atoms with E-state index in [0.717, 1.165) is 13.1 Å². The minimum Gasteiger partial charge on any atom is -0.337 e. The molecule has 1 aromatic heterocycles. The van der Waals surface area contributed by atoms with E-state index < -0.39 is 0 Å². The van der Waals surface area contributed by atoms with Gasteiger partial charge in [0.2, 0.25) is 0 Å². The summed E-state index contributed by atoms with van der Waals surface area (Å²) in [5.41, 5.74) is 6.01. The Morgan fingerprint density at radius 2 is 2.11 bits per heavy atom. The van der Waals surface area contributed by atoms with Gasteiger partial charge in [0.05, 0.1) is 6.33 Å². The normalized spacial score (nSPS) is 24.3. The third kappa shape index (κ3) is 2.90. The SMILES string of the molecule is CC1CC(C)CN(C(=O)c2cn(CCN)cn2)C1. The lowest BCUT2D eigenvalue weighted by Gasteiger charge is -2.34. The zero-order valence-electron chi connectivity index (χ0n) is 11.2. The van der Waals surface area contributed by atoms with Crippen molar-refractivity contribution in [3.63, 3.8) is 0 Å². The van der Waals surface area contributed by atoms with Crippen LogP contribution < -0.4 is 5.73 Å². The summed E-state index contributed by atoms with van der Waals surface area (Å²) in [5.74, 6) is 1.19. The Hall–Kier alpha value is -1.36. The molecule has 2 unspecified atom stereocenters. The number of nitrogens with two attached hydrogens (primary N) is 1. The second kappa shape index (κ2) is 5.52. The predicted octanol–water partition coefficient (Wildman–Crippen LogP) is 0.960. The zero-order chi connectivity index (χ0) is 13.1. The summed E-state index contributed by atoms with van der Waals surface area (Å²) in [5, 5.41) is 0. The van der Waals surface area contributed by atoms with Crippen LogP contribution in [0.2, 0.25) is 0 Å². The molecule has 5 heteroatoms. The molecule has 1 amide bonds. The van der Waals surface area contributed by atoms with Gasteiger partial charge in [0.25, 0.3) is 5.91 Å². The molecule has 2 atom stereocenters. The van der Waals surface area contributed by atoms with Gasteiger partial charge in [0, 0.05) is 32.4 Å². The molecule has 1 aromatic rings. The fourth-order valence-corrected chi connectivity index (χ4v) is 2.73. The van der Waals surface area contributed by atoms with Crippen LogP contribution in [0, 0.1) is 11.8 Å². The van der Waals surface area contributed by atoms with Crippen LogP contribution in [0.5, 0.6) is 0 Å². The van der Waals surface area contributed by atoms with E-state index in [-0.39, 0.29) is 5.91 Å². The Labute approximate surface area is 108 Å². The minimum absolute atomic E-state index is 0.0455. The number of carbonyl (C=O) groups is 1. The molecule has 2 rings (SSSR count). The fourth-order valence-electron chi connectivity index (χ4n) is 2.73. The molecule has 0 radical (unpaired) electrons. The van der Waals surface area contributed by atoms with Crippen molar-refractivity contribution in [1.82, 2.24) is 14.5 Å². The van der Waals surface area contributed by atoms with E-state index in [0.29, 0.717) is 30.6 Å². The number of aromatic nitrogens is 2. The van der Waals surface area contributed by atoms with Crippen molar-refractivity contribution >= 4 is 5.91 Å². The number of hydrogen-bond donors (Lipinski definition) is 1. The first-order valence-electron chi connectivity index (χ1n) is 6.61. The molecule has 5 nitrogen and oxygen atoms in total. The van der Waals surface area contributed by atoms with Gasteiger partial charge in [-0.2, -0.15) is 0 Å². The Morgan fingerprint density at radius 3 is 2.72 bits per heavy atom. The summed E-state index contributed by atoms with van der Waals surface area (Å²) < 4.78 is 1.87. The third-order valence-electron chi connectivity index (χ3n) is 3.40. The predicted molar refractivity (Wildman–Crippen MR) is 70.1 cm³/mol. The standard InChI is InChI=1S/C13H22N4O/c1-10-5-11(2)7-17(6-10)13(18)12-8-16(4-3-14)9-15-12/h8-11H,3-7,14H2,1-2H3. The fraction of sp³-hybridized carbons (Fsp3) is 0.692. The van der Waals surface area contributed by atoms with E-state index in [1.165, 1.54) is 6.42 Å². The van der Waals surface area contributed by atoms with E-state index in [1.807, 2.05) is 9.47 Å². The van der Waals surface area contributed by atoms with Crippen molar-refractivity contribution in [3.8, 4) is 0 Å². The first-order valence-corrected chi connectivity index (χ1v) is 6.61. The van der Waals surface area contributed by atoms with E-state index in [4.69, 9.17) is 5.73 Å². The van der Waals surface area contributed by atoms with Gasteiger partial charge in [-0.3, -0.25) is 4.79 Å². The third-order valence-corrected chi connectivity index (χ3v) is 3.40. The van der Waals surface area contributed by atoms with Gasteiger partial charge >= 0.3 is 0 Å². The summed E-state index contributed by atoms with van der Waals surface area (Å²) in [4.78, 5) is 18.4. The van der Waals surface area contributed by atoms with Gasteiger partial charge in [0.1, 0.15) is 5.69 Å². The maximum atomic E-state index is 12.3. The maximum absolute atomic E-state index is 12.3. The van der Waals surface area contributed by atoms with Crippen molar-refractivity contribution in [3.05, 3.63) is 18.2 Å². The molecule has 0 bridgehead atoms. The quantitative estimate of drug-likeness (QED) is 0.869. The average Bonchev–Trinajstić information content (AvgIpc) is 2.76. The lowest BCUT2D eigenvalue weighted by atomic mass is 9.92. The van der Waals surface area contributed by atoms with Crippen molar-refractivity contribution in [1.29, 1.82) is 0 Å². The van der Waals surface area contributed by atoms with Crippen molar-refractivity contribution in [2.24, 2.45) is 17.6 Å². The van der Waals surface area contributed by atoms with Gasteiger partial charge in [0.15, 0.2) is 0 Å². The van der Waals surface area contributed by atoms with Crippen LogP contribution in [-0.2, 0) is 6.54 Å². The van der Waals surface area contributed by atoms with E-state index >= 15 is 0 Å². The Bertz CT molecular complexity index is 405. The van der Waals surface area contributed by atoms with Gasteiger partial charge in [-0.15, -0.1) is 0 Å². The minimum atomic E-state index is 0.0455. The highest BCUT2D eigenvalue weighted by Crippen LogP contribution is 2.22. The molecule has 100 valence electrons. The van der Waals surface area contributed by atoms with Gasteiger partial charge < -0.3 is 15.2 Å². The van der Waals surface area contributed by atoms with Crippen LogP contribution >= 0.6 is 0 Å². The molecule has 1 fully saturated rings. The highest BCUT2D eigenvalue weighted by atomic mass is 16.2. The molecule has 18 heavy (non-hydrogen) atoms. The molecule has 1 aliphatic heterocycles. The van der Waals surface area contributed by atoms with Crippen LogP contribution in [0.1, 0.15) is 30.8 Å². The first kappa shape index (κ1) is 13.1. The summed E-state index contributed by atoms with van der Waals surface area (Å²) in [6.45, 7) is 7.33. The van der Waals surface area contributed by atoms with Gasteiger partial charge in [-0.25, -0.2) is 4.98 Å². The molecule has 0 aromatic carbocycles. The molecule has 2 heterocycles. The average molecular weight is 250 g/mol. The number of hydrogen-bond acceptors (Lipinski definition) is 3. The summed E-state index contributed by atoms with van der Waals surface area (Å²) in [6.07, 6.45) is 4.67. The molecular formula is C13H22N4O. The van der Waals surface area contributed by atoms with Gasteiger partial charge in [-0.1, -0.05) is 13.8 Å². The molecular weight excluding hydrogens is 228 g/mol. The number of likely N-dealkylation sites (tertiary alicyclic amines) is 1. The van der Waals surface area contributed by atoms with E-state index in [9.17, 15) is 4.79 Å². The van der Waals surface area contributed by atoms with E-state index in [1.54, 1.807) is 12.5 Å². The number of carbonyl (C=O) groups excluding carboxylic acids is 1. The lowest BCUT2D eigenvalue weighted by molar-refractivity contribution is 0.0617. The Kier molecular flexibility index (Phi) is 4.01. The van der Waals surface area contributed by atoms with Gasteiger partial charge in [-0.05, 0) is 18.3 Å². The molecule has 1 saturated heterocycles. The maximum Gasteiger partial charge on any atom is 0.274 e. The number of imidazole rings is 1. The number of piperidine rings is 1. The second-order valence-electron chi connectivity index (χ2n) is 5.44. The number of amides is 1. The van der Waals surface area contributed by atoms with Crippen LogP contribution in [0.15, 0.2) is 12.5 Å². The summed E-state index contributed by atoms with van der Waals surface area (Å²) in [7, 11) is 0. The molecule has 2 N–H and O–H groups in total. The van der Waals surface area contributed by atoms with Crippen LogP contribution in [-0.4, -0.2) is 40.0 Å². The molecule has 0 saturated carbocycles. The highest BCUT2D eigenvalue weighted by Gasteiger charge is 2.27. The van der Waals surface area contributed by atoms with Crippen molar-refractivity contribution < 1.29 is 4.79 Å². The highest BCUT2D eigenvalue weighted by molar-refractivity contribution is 5.92. The Balaban J connectivity index is 2.05. The van der Waals surface area contributed by atoms with Crippen LogP contribution in [0.4, 0.5) is 0 Å². The largest absolute Gasteiger partial charge is 0.337 e. The van der Waals surface area contributed by atoms with Crippen molar-refractivity contribution in [2.75, 3.05) is 19.6 Å². The topological polar surface area (TPSA) is 64.2 Å². The second-order valence-corrected chi connectivity index (χ2v) is 5.44. The van der Waals surface area contributed by atoms with Crippen molar-refractivity contribution in [2.45, 2.75) is 26.8 Å². The molecule has 1 aliphatic rings. The summed E-state index contributed by atoms with van der Waals surface area (Å²) in [6, 6.07) is 0. The molecule has 0 spiro atoms. The van der Waals surface area contributed by atoms with Crippen LogP contribution in [0.25, 0.3) is 0 Å². The summed E-state index contributed by atoms with van der Waals surface area (Å²) >= 11 is 0. The number of nitrogens with zero attached hydrogens (tertiary/aromatic N) is 3. The zero-order valence-corrected chi connectivity index (χ0v) is 11.2. The number of rotatable bonds is 3. The first-order chi connectivity index (χ1) is 8.60. The Morgan fingerprint density at radius 1 is 1.44 bits per heavy atom. The lowest BCUT2D eigenvalue weighted by Crippen LogP contribution is -2.42. The monoisotopic (exact) mass is 250 g/mol. The smallest absolute Gasteiger partial charge is 0.274 e.